The Labute approximate surface area is 255 Å². The van der Waals surface area contributed by atoms with Crippen molar-refractivity contribution in [3.8, 4) is 50.8 Å². The highest BCUT2D eigenvalue weighted by Gasteiger charge is 2.15. The quantitative estimate of drug-likeness (QED) is 0.201. The van der Waals surface area contributed by atoms with Gasteiger partial charge in [-0.05, 0) is 76.9 Å². The summed E-state index contributed by atoms with van der Waals surface area (Å²) in [5.74, 6) is 2.37. The van der Waals surface area contributed by atoms with Crippen molar-refractivity contribution in [1.82, 2.24) is 14.5 Å². The molecule has 0 bridgehead atoms. The molecule has 8 aromatic rings. The van der Waals surface area contributed by atoms with Gasteiger partial charge in [-0.15, -0.1) is 0 Å². The van der Waals surface area contributed by atoms with Crippen LogP contribution in [0.2, 0.25) is 0 Å². The van der Waals surface area contributed by atoms with E-state index in [0.717, 1.165) is 67.2 Å². The third-order valence-corrected chi connectivity index (χ3v) is 7.96. The van der Waals surface area contributed by atoms with Crippen LogP contribution in [-0.2, 0) is 0 Å². The molecule has 8 rings (SSSR count). The van der Waals surface area contributed by atoms with Crippen LogP contribution in [0.25, 0.3) is 61.1 Å². The van der Waals surface area contributed by atoms with E-state index < -0.39 is 0 Å². The molecule has 0 radical (unpaired) electrons. The molecule has 3 heterocycles. The highest BCUT2D eigenvalue weighted by Crippen LogP contribution is 2.36. The zero-order valence-corrected chi connectivity index (χ0v) is 23.8. The maximum Gasteiger partial charge on any atom is 0.138 e. The van der Waals surface area contributed by atoms with E-state index in [1.54, 1.807) is 0 Å². The highest BCUT2D eigenvalue weighted by atomic mass is 16.5. The summed E-state index contributed by atoms with van der Waals surface area (Å²) in [5, 5.41) is 2.32. The van der Waals surface area contributed by atoms with Crippen molar-refractivity contribution in [3.05, 3.63) is 164 Å². The molecule has 208 valence electrons. The van der Waals surface area contributed by atoms with Crippen LogP contribution < -0.4 is 4.74 Å². The van der Waals surface area contributed by atoms with Gasteiger partial charge in [-0.2, -0.15) is 0 Å². The number of benzene rings is 5. The molecule has 4 heteroatoms. The van der Waals surface area contributed by atoms with Crippen molar-refractivity contribution in [3.63, 3.8) is 0 Å². The molecule has 0 saturated heterocycles. The summed E-state index contributed by atoms with van der Waals surface area (Å²) < 4.78 is 8.70. The van der Waals surface area contributed by atoms with Crippen LogP contribution >= 0.6 is 0 Å². The van der Waals surface area contributed by atoms with Crippen LogP contribution in [-0.4, -0.2) is 14.5 Å². The molecule has 0 aliphatic heterocycles. The molecule has 0 saturated carbocycles. The van der Waals surface area contributed by atoms with E-state index in [1.165, 1.54) is 5.39 Å². The fourth-order valence-corrected chi connectivity index (χ4v) is 5.87. The molecule has 0 aliphatic rings. The molecule has 0 unspecified atom stereocenters. The summed E-state index contributed by atoms with van der Waals surface area (Å²) in [6, 6.07) is 52.0. The molecule has 0 aliphatic carbocycles. The first-order valence-electron chi connectivity index (χ1n) is 14.6. The molecule has 0 fully saturated rings. The van der Waals surface area contributed by atoms with Gasteiger partial charge in [0.1, 0.15) is 17.3 Å². The number of aromatic nitrogens is 3. The fraction of sp³-hybridized carbons (Fsp3) is 0. The molecule has 0 N–H and O–H groups in total. The summed E-state index contributed by atoms with van der Waals surface area (Å²) in [6.45, 7) is 0. The van der Waals surface area contributed by atoms with E-state index in [4.69, 9.17) is 9.72 Å². The van der Waals surface area contributed by atoms with E-state index in [1.807, 2.05) is 54.9 Å². The molecule has 0 spiro atoms. The van der Waals surface area contributed by atoms with Crippen LogP contribution in [0.3, 0.4) is 0 Å². The largest absolute Gasteiger partial charge is 0.457 e. The summed E-state index contributed by atoms with van der Waals surface area (Å²) in [6.07, 6.45) is 3.74. The topological polar surface area (TPSA) is 39.9 Å². The van der Waals surface area contributed by atoms with Crippen LogP contribution in [0.15, 0.2) is 164 Å². The monoisotopic (exact) mass is 565 g/mol. The van der Waals surface area contributed by atoms with E-state index in [9.17, 15) is 0 Å². The minimum absolute atomic E-state index is 0.751. The summed E-state index contributed by atoms with van der Waals surface area (Å²) in [7, 11) is 0. The van der Waals surface area contributed by atoms with Gasteiger partial charge in [0.05, 0.1) is 16.7 Å². The zero-order chi connectivity index (χ0) is 29.3. The second kappa shape index (κ2) is 11.0. The number of hydrogen-bond acceptors (Lipinski definition) is 3. The predicted octanol–water partition coefficient (Wildman–Crippen LogP) is 10.4. The predicted molar refractivity (Wildman–Crippen MR) is 179 cm³/mol. The van der Waals surface area contributed by atoms with Gasteiger partial charge in [-0.1, -0.05) is 91.0 Å². The van der Waals surface area contributed by atoms with E-state index in [2.05, 4.69) is 119 Å². The molecule has 5 aromatic carbocycles. The van der Waals surface area contributed by atoms with Crippen molar-refractivity contribution in [1.29, 1.82) is 0 Å². The van der Waals surface area contributed by atoms with Gasteiger partial charge in [0.15, 0.2) is 0 Å². The summed E-state index contributed by atoms with van der Waals surface area (Å²) in [4.78, 5) is 9.47. The Balaban J connectivity index is 1.18. The van der Waals surface area contributed by atoms with Gasteiger partial charge in [-0.3, -0.25) is 9.55 Å². The second-order valence-electron chi connectivity index (χ2n) is 10.7. The Morgan fingerprint density at radius 1 is 0.409 bits per heavy atom. The fourth-order valence-electron chi connectivity index (χ4n) is 5.87. The highest BCUT2D eigenvalue weighted by molar-refractivity contribution is 6.09. The van der Waals surface area contributed by atoms with Crippen molar-refractivity contribution in [2.24, 2.45) is 0 Å². The lowest BCUT2D eigenvalue weighted by Gasteiger charge is -2.11. The second-order valence-corrected chi connectivity index (χ2v) is 10.7. The van der Waals surface area contributed by atoms with Gasteiger partial charge < -0.3 is 4.74 Å². The Morgan fingerprint density at radius 2 is 1.05 bits per heavy atom. The van der Waals surface area contributed by atoms with Crippen LogP contribution in [0.5, 0.6) is 11.5 Å². The molecular weight excluding hydrogens is 538 g/mol. The lowest BCUT2D eigenvalue weighted by Crippen LogP contribution is -1.97. The standard InChI is InChI=1S/C40H27N3O/c1-3-10-28(11-4-1)30-20-22-41-37(25-30)32-14-9-15-33(24-32)44-34-18-19-36-35-16-7-8-17-38(35)43(39(36)27-34)40-26-31(21-23-42-40)29-12-5-2-6-13-29/h1-27H. The third-order valence-electron chi connectivity index (χ3n) is 7.96. The summed E-state index contributed by atoms with van der Waals surface area (Å²) >= 11 is 0. The first kappa shape index (κ1) is 25.7. The SMILES string of the molecule is c1ccc(-c2ccnc(-c3cccc(Oc4ccc5c6ccccc6n(-c6cc(-c7ccccc7)ccn6)c5c4)c3)c2)cc1. The number of rotatable bonds is 6. The normalized spacial score (nSPS) is 11.2. The van der Waals surface area contributed by atoms with Gasteiger partial charge in [0.25, 0.3) is 0 Å². The number of para-hydroxylation sites is 1. The Bertz CT molecular complexity index is 2260. The smallest absolute Gasteiger partial charge is 0.138 e. The van der Waals surface area contributed by atoms with E-state index >= 15 is 0 Å². The maximum absolute atomic E-state index is 6.48. The van der Waals surface area contributed by atoms with Crippen molar-refractivity contribution >= 4 is 21.8 Å². The number of fused-ring (bicyclic) bond motifs is 3. The average Bonchev–Trinajstić information content (AvgIpc) is 3.43. The third kappa shape index (κ3) is 4.79. The first-order valence-corrected chi connectivity index (χ1v) is 14.6. The Hall–Kier alpha value is -6.00. The van der Waals surface area contributed by atoms with E-state index in [0.29, 0.717) is 0 Å². The molecular formula is C40H27N3O. The Morgan fingerprint density at radius 3 is 1.84 bits per heavy atom. The van der Waals surface area contributed by atoms with Crippen LogP contribution in [0.1, 0.15) is 0 Å². The number of nitrogens with zero attached hydrogens (tertiary/aromatic N) is 3. The average molecular weight is 566 g/mol. The van der Waals surface area contributed by atoms with Crippen LogP contribution in [0.4, 0.5) is 0 Å². The van der Waals surface area contributed by atoms with Gasteiger partial charge in [0, 0.05) is 34.8 Å². The molecule has 0 atom stereocenters. The molecule has 44 heavy (non-hydrogen) atoms. The van der Waals surface area contributed by atoms with Gasteiger partial charge >= 0.3 is 0 Å². The lowest BCUT2D eigenvalue weighted by atomic mass is 10.0. The lowest BCUT2D eigenvalue weighted by molar-refractivity contribution is 0.483. The van der Waals surface area contributed by atoms with Crippen molar-refractivity contribution in [2.45, 2.75) is 0 Å². The van der Waals surface area contributed by atoms with Crippen molar-refractivity contribution < 1.29 is 4.74 Å². The minimum atomic E-state index is 0.751. The number of hydrogen-bond donors (Lipinski definition) is 0. The summed E-state index contributed by atoms with van der Waals surface area (Å²) in [5.41, 5.74) is 8.61. The number of pyridine rings is 2. The van der Waals surface area contributed by atoms with Gasteiger partial charge in [0.2, 0.25) is 0 Å². The zero-order valence-electron chi connectivity index (χ0n) is 23.8. The van der Waals surface area contributed by atoms with Crippen molar-refractivity contribution in [2.75, 3.05) is 0 Å². The Kier molecular flexibility index (Phi) is 6.43. The minimum Gasteiger partial charge on any atom is -0.457 e. The molecule has 0 amide bonds. The van der Waals surface area contributed by atoms with Gasteiger partial charge in [-0.25, -0.2) is 4.98 Å². The van der Waals surface area contributed by atoms with Crippen LogP contribution in [0, 0.1) is 0 Å². The molecule has 4 nitrogen and oxygen atoms in total. The maximum atomic E-state index is 6.48. The van der Waals surface area contributed by atoms with E-state index in [-0.39, 0.29) is 0 Å². The first-order chi connectivity index (χ1) is 21.8. The number of ether oxygens (including phenoxy) is 1. The molecule has 3 aromatic heterocycles.